The Kier molecular flexibility index (Phi) is 11.0. The number of likely N-dealkylation sites (tertiary alicyclic amines) is 2. The van der Waals surface area contributed by atoms with Crippen molar-refractivity contribution in [3.8, 4) is 0 Å². The van der Waals surface area contributed by atoms with Gasteiger partial charge in [-0.15, -0.1) is 0 Å². The van der Waals surface area contributed by atoms with E-state index in [-0.39, 0.29) is 16.7 Å². The molecule has 0 bridgehead atoms. The number of hydrogen-bond donors (Lipinski definition) is 2. The molecule has 42 heavy (non-hydrogen) atoms. The van der Waals surface area contributed by atoms with Gasteiger partial charge in [-0.3, -0.25) is 14.6 Å². The Morgan fingerprint density at radius 1 is 0.976 bits per heavy atom. The zero-order valence-corrected chi connectivity index (χ0v) is 23.3. The highest BCUT2D eigenvalue weighted by molar-refractivity contribution is 5.94. The molecule has 2 amide bonds. The number of amides is 2. The number of aliphatic carboxylic acids is 2. The van der Waals surface area contributed by atoms with Gasteiger partial charge in [-0.05, 0) is 55.7 Å². The van der Waals surface area contributed by atoms with Crippen molar-refractivity contribution < 1.29 is 55.7 Å². The van der Waals surface area contributed by atoms with Crippen LogP contribution in [0.1, 0.15) is 43.0 Å². The molecule has 0 radical (unpaired) electrons. The van der Waals surface area contributed by atoms with E-state index in [1.54, 1.807) is 17.3 Å². The van der Waals surface area contributed by atoms with Crippen LogP contribution >= 0.6 is 0 Å². The second kappa shape index (κ2) is 13.3. The number of hydrogen-bond acceptors (Lipinski definition) is 6. The number of carboxylic acid groups (broad SMARTS) is 2. The molecule has 0 aromatic carbocycles. The molecule has 1 aromatic heterocycles. The van der Waals surface area contributed by atoms with Crippen LogP contribution in [0, 0.1) is 16.7 Å². The molecule has 2 saturated heterocycles. The Bertz CT molecular complexity index is 1100. The zero-order valence-electron chi connectivity index (χ0n) is 23.3. The van der Waals surface area contributed by atoms with E-state index >= 15 is 0 Å². The molecular formula is C26H34F6N4O6. The van der Waals surface area contributed by atoms with Gasteiger partial charge in [0.25, 0.3) is 5.91 Å². The number of piperidine rings is 1. The second-order valence-corrected chi connectivity index (χ2v) is 10.7. The summed E-state index contributed by atoms with van der Waals surface area (Å²) in [6, 6.07) is 3.65. The molecule has 1 aliphatic carbocycles. The highest BCUT2D eigenvalue weighted by atomic mass is 19.4. The van der Waals surface area contributed by atoms with Gasteiger partial charge in [0.1, 0.15) is 0 Å². The van der Waals surface area contributed by atoms with E-state index in [0.29, 0.717) is 17.4 Å². The minimum absolute atomic E-state index is 0.0817. The summed E-state index contributed by atoms with van der Waals surface area (Å²) in [4.78, 5) is 54.1. The lowest BCUT2D eigenvalue weighted by molar-refractivity contribution is -0.193. The second-order valence-electron chi connectivity index (χ2n) is 10.7. The average molecular weight is 613 g/mol. The summed E-state index contributed by atoms with van der Waals surface area (Å²) in [6.45, 7) is 6.67. The van der Waals surface area contributed by atoms with Crippen molar-refractivity contribution in [3.05, 3.63) is 30.1 Å². The lowest BCUT2D eigenvalue weighted by Crippen LogP contribution is -2.49. The zero-order chi connectivity index (χ0) is 32.1. The number of carbonyl (C=O) groups excluding carboxylic acids is 2. The van der Waals surface area contributed by atoms with Gasteiger partial charge < -0.3 is 24.9 Å². The topological polar surface area (TPSA) is 131 Å². The number of nitrogens with zero attached hydrogens (tertiary/aromatic N) is 4. The molecule has 3 aliphatic rings. The number of carboxylic acids is 2. The molecule has 2 N–H and O–H groups in total. The summed E-state index contributed by atoms with van der Waals surface area (Å²) in [5, 5.41) is 14.2. The summed E-state index contributed by atoms with van der Waals surface area (Å²) >= 11 is 0. The molecule has 236 valence electrons. The Balaban J connectivity index is 0.000000367. The first-order valence-electron chi connectivity index (χ1n) is 13.0. The third kappa shape index (κ3) is 7.89. The maximum absolute atomic E-state index is 13.2. The normalized spacial score (nSPS) is 23.2. The van der Waals surface area contributed by atoms with Crippen LogP contribution in [0.25, 0.3) is 0 Å². The lowest BCUT2D eigenvalue weighted by Gasteiger charge is -2.44. The highest BCUT2D eigenvalue weighted by Gasteiger charge is 2.64. The molecule has 2 aliphatic heterocycles. The summed E-state index contributed by atoms with van der Waals surface area (Å²) in [6.07, 6.45) is -2.71. The van der Waals surface area contributed by atoms with Crippen molar-refractivity contribution in [3.63, 3.8) is 0 Å². The molecule has 3 fully saturated rings. The summed E-state index contributed by atoms with van der Waals surface area (Å²) in [5.74, 6) is -4.72. The molecule has 1 saturated carbocycles. The standard InChI is InChI=1S/C22H32N4O2.2C2HF3O2/c1-4-25-15-18-21(7-8-22(18,16-25)20(28)24(2)3)9-12-26(13-10-21)19(27)17-6-5-11-23-14-17;2*3-2(4,5)1(6)7/h5-6,11,14,18H,4,7-10,12-13,15-16H2,1-3H3;2*(H,6,7)/t18-,22+;;/m0../s1. The van der Waals surface area contributed by atoms with Gasteiger partial charge in [0, 0.05) is 52.7 Å². The number of rotatable bonds is 3. The van der Waals surface area contributed by atoms with Crippen LogP contribution in [0.5, 0.6) is 0 Å². The number of fused-ring (bicyclic) bond motifs is 2. The van der Waals surface area contributed by atoms with Crippen LogP contribution in [-0.4, -0.2) is 113 Å². The monoisotopic (exact) mass is 612 g/mol. The van der Waals surface area contributed by atoms with E-state index in [0.717, 1.165) is 58.4 Å². The fourth-order valence-electron chi connectivity index (χ4n) is 6.12. The lowest BCUT2D eigenvalue weighted by atomic mass is 9.65. The summed E-state index contributed by atoms with van der Waals surface area (Å²) in [5.41, 5.74) is 0.635. The van der Waals surface area contributed by atoms with Crippen molar-refractivity contribution >= 4 is 23.8 Å². The first-order valence-corrected chi connectivity index (χ1v) is 13.0. The molecule has 4 rings (SSSR count). The predicted octanol–water partition coefficient (Wildman–Crippen LogP) is 3.39. The molecule has 10 nitrogen and oxygen atoms in total. The molecule has 2 atom stereocenters. The molecule has 3 heterocycles. The van der Waals surface area contributed by atoms with Crippen molar-refractivity contribution in [1.29, 1.82) is 0 Å². The third-order valence-electron chi connectivity index (χ3n) is 8.14. The smallest absolute Gasteiger partial charge is 0.475 e. The van der Waals surface area contributed by atoms with Crippen molar-refractivity contribution in [2.45, 2.75) is 45.0 Å². The number of alkyl halides is 6. The van der Waals surface area contributed by atoms with Crippen molar-refractivity contribution in [2.75, 3.05) is 46.8 Å². The van der Waals surface area contributed by atoms with E-state index in [1.807, 2.05) is 31.1 Å². The number of pyridine rings is 1. The van der Waals surface area contributed by atoms with Gasteiger partial charge in [-0.1, -0.05) is 6.92 Å². The highest BCUT2D eigenvalue weighted by Crippen LogP contribution is 2.62. The molecule has 0 unspecified atom stereocenters. The first kappa shape index (κ1) is 34.8. The first-order chi connectivity index (χ1) is 19.3. The Labute approximate surface area is 238 Å². The number of aromatic nitrogens is 1. The van der Waals surface area contributed by atoms with Crippen LogP contribution in [0.15, 0.2) is 24.5 Å². The quantitative estimate of drug-likeness (QED) is 0.497. The van der Waals surface area contributed by atoms with Gasteiger partial charge in [-0.25, -0.2) is 9.59 Å². The Hall–Kier alpha value is -3.43. The fraction of sp³-hybridized carbons (Fsp3) is 0.654. The number of halogens is 6. The van der Waals surface area contributed by atoms with Gasteiger partial charge in [0.15, 0.2) is 0 Å². The van der Waals surface area contributed by atoms with Crippen molar-refractivity contribution in [2.24, 2.45) is 16.7 Å². The average Bonchev–Trinajstić information content (AvgIpc) is 3.44. The van der Waals surface area contributed by atoms with Gasteiger partial charge >= 0.3 is 24.3 Å². The van der Waals surface area contributed by atoms with Crippen LogP contribution in [0.4, 0.5) is 26.3 Å². The van der Waals surface area contributed by atoms with E-state index in [4.69, 9.17) is 19.8 Å². The van der Waals surface area contributed by atoms with Crippen LogP contribution < -0.4 is 0 Å². The van der Waals surface area contributed by atoms with E-state index in [1.165, 1.54) is 0 Å². The molecule has 1 spiro atoms. The summed E-state index contributed by atoms with van der Waals surface area (Å²) in [7, 11) is 3.78. The minimum atomic E-state index is -5.08. The van der Waals surface area contributed by atoms with E-state index < -0.39 is 24.3 Å². The van der Waals surface area contributed by atoms with Crippen LogP contribution in [0.3, 0.4) is 0 Å². The fourth-order valence-corrected chi connectivity index (χ4v) is 6.12. The van der Waals surface area contributed by atoms with Crippen LogP contribution in [0.2, 0.25) is 0 Å². The summed E-state index contributed by atoms with van der Waals surface area (Å²) < 4.78 is 63.5. The minimum Gasteiger partial charge on any atom is -0.475 e. The third-order valence-corrected chi connectivity index (χ3v) is 8.14. The number of carbonyl (C=O) groups is 4. The van der Waals surface area contributed by atoms with E-state index in [9.17, 15) is 35.9 Å². The largest absolute Gasteiger partial charge is 0.490 e. The molecule has 1 aromatic rings. The van der Waals surface area contributed by atoms with Gasteiger partial charge in [0.05, 0.1) is 11.0 Å². The maximum Gasteiger partial charge on any atom is 0.490 e. The van der Waals surface area contributed by atoms with E-state index in [2.05, 4.69) is 16.8 Å². The predicted molar refractivity (Wildman–Crippen MR) is 135 cm³/mol. The Morgan fingerprint density at radius 3 is 1.90 bits per heavy atom. The van der Waals surface area contributed by atoms with Gasteiger partial charge in [-0.2, -0.15) is 26.3 Å². The SMILES string of the molecule is CCN1C[C@H]2C3(CCN(C(=O)c4cccnc4)CC3)CC[C@@]2(C(=O)N(C)C)C1.O=C(O)C(F)(F)F.O=C(O)C(F)(F)F. The van der Waals surface area contributed by atoms with Crippen LogP contribution in [-0.2, 0) is 14.4 Å². The molecule has 16 heteroatoms. The Morgan fingerprint density at radius 2 is 1.50 bits per heavy atom. The maximum atomic E-state index is 13.2. The van der Waals surface area contributed by atoms with Gasteiger partial charge in [0.2, 0.25) is 5.91 Å². The molecular weight excluding hydrogens is 578 g/mol. The van der Waals surface area contributed by atoms with Crippen molar-refractivity contribution in [1.82, 2.24) is 19.7 Å².